The predicted molar refractivity (Wildman–Crippen MR) is 120 cm³/mol. The normalized spacial score (nSPS) is 17.6. The van der Waals surface area contributed by atoms with Crippen LogP contribution in [0.2, 0.25) is 0 Å². The van der Waals surface area contributed by atoms with E-state index in [-0.39, 0.29) is 24.2 Å². The first-order valence-corrected chi connectivity index (χ1v) is 10.9. The van der Waals surface area contributed by atoms with Gasteiger partial charge in [0.1, 0.15) is 5.82 Å². The van der Waals surface area contributed by atoms with E-state index in [1.54, 1.807) is 36.2 Å². The second kappa shape index (κ2) is 9.00. The lowest BCUT2D eigenvalue weighted by molar-refractivity contribution is -0.124. The Hall–Kier alpha value is -3.39. The Bertz CT molecular complexity index is 1130. The molecule has 2 atom stereocenters. The van der Waals surface area contributed by atoms with Crippen LogP contribution in [0.25, 0.3) is 0 Å². The Morgan fingerprint density at radius 2 is 1.81 bits per heavy atom. The van der Waals surface area contributed by atoms with Gasteiger partial charge in [-0.15, -0.1) is 11.3 Å². The van der Waals surface area contributed by atoms with E-state index in [9.17, 15) is 14.0 Å². The summed E-state index contributed by atoms with van der Waals surface area (Å²) in [5.74, 6) is -0.549. The number of fused-ring (bicyclic) bond motifs is 1. The van der Waals surface area contributed by atoms with Gasteiger partial charge in [-0.3, -0.25) is 9.59 Å². The number of likely N-dealkylation sites (N-methyl/N-ethyl adjacent to an activating group) is 1. The lowest BCUT2D eigenvalue weighted by Gasteiger charge is -2.39. The van der Waals surface area contributed by atoms with Gasteiger partial charge in [-0.25, -0.2) is 4.39 Å². The van der Waals surface area contributed by atoms with Gasteiger partial charge in [0.05, 0.1) is 26.2 Å². The van der Waals surface area contributed by atoms with E-state index >= 15 is 0 Å². The highest BCUT2D eigenvalue weighted by molar-refractivity contribution is 7.10. The van der Waals surface area contributed by atoms with Gasteiger partial charge < -0.3 is 19.7 Å². The van der Waals surface area contributed by atoms with Crippen LogP contribution >= 0.6 is 11.3 Å². The summed E-state index contributed by atoms with van der Waals surface area (Å²) in [4.78, 5) is 29.3. The number of rotatable bonds is 6. The number of nitrogens with zero attached hydrogens (tertiary/aromatic N) is 1. The highest BCUT2D eigenvalue weighted by Crippen LogP contribution is 2.46. The average Bonchev–Trinajstić information content (AvgIpc) is 3.34. The molecule has 166 valence electrons. The van der Waals surface area contributed by atoms with Crippen molar-refractivity contribution < 1.29 is 23.5 Å². The fourth-order valence-electron chi connectivity index (χ4n) is 4.05. The first kappa shape index (κ1) is 21.8. The first-order chi connectivity index (χ1) is 15.4. The molecule has 8 heteroatoms. The third-order valence-corrected chi connectivity index (χ3v) is 6.61. The molecule has 6 nitrogen and oxygen atoms in total. The molecule has 2 heterocycles. The molecule has 3 aromatic rings. The Morgan fingerprint density at radius 1 is 1.12 bits per heavy atom. The molecule has 0 aliphatic carbocycles. The van der Waals surface area contributed by atoms with Crippen LogP contribution in [0.1, 0.15) is 38.3 Å². The lowest BCUT2D eigenvalue weighted by atomic mass is 9.81. The van der Waals surface area contributed by atoms with Crippen LogP contribution in [-0.4, -0.2) is 38.0 Å². The zero-order valence-electron chi connectivity index (χ0n) is 17.9. The van der Waals surface area contributed by atoms with Crippen LogP contribution < -0.4 is 14.8 Å². The van der Waals surface area contributed by atoms with Crippen molar-refractivity contribution in [2.45, 2.75) is 18.5 Å². The number of hydrogen-bond donors (Lipinski definition) is 1. The van der Waals surface area contributed by atoms with Crippen molar-refractivity contribution in [1.82, 2.24) is 10.2 Å². The SMILES string of the molecule is COc1cc2c(cc1OC)[C@H](C(=O)NCc1ccc(F)cc1)[C@@H](c1cccs1)N(C)C2=O. The molecule has 1 aliphatic rings. The maximum absolute atomic E-state index is 13.5. The molecule has 4 rings (SSSR count). The summed E-state index contributed by atoms with van der Waals surface area (Å²) >= 11 is 1.49. The third kappa shape index (κ3) is 3.93. The monoisotopic (exact) mass is 454 g/mol. The minimum absolute atomic E-state index is 0.193. The lowest BCUT2D eigenvalue weighted by Crippen LogP contribution is -2.45. The van der Waals surface area contributed by atoms with Crippen LogP contribution in [0, 0.1) is 5.82 Å². The molecule has 0 unspecified atom stereocenters. The van der Waals surface area contributed by atoms with Crippen molar-refractivity contribution in [3.8, 4) is 11.5 Å². The van der Waals surface area contributed by atoms with E-state index < -0.39 is 12.0 Å². The molecule has 2 aromatic carbocycles. The van der Waals surface area contributed by atoms with E-state index in [0.717, 1.165) is 10.4 Å². The number of nitrogens with one attached hydrogen (secondary N) is 1. The zero-order valence-corrected chi connectivity index (χ0v) is 18.7. The largest absolute Gasteiger partial charge is 0.493 e. The van der Waals surface area contributed by atoms with Crippen molar-refractivity contribution in [3.63, 3.8) is 0 Å². The molecule has 0 spiro atoms. The molecule has 0 bridgehead atoms. The van der Waals surface area contributed by atoms with Gasteiger partial charge in [-0.2, -0.15) is 0 Å². The number of ether oxygens (including phenoxy) is 2. The Balaban J connectivity index is 1.76. The number of carbonyl (C=O) groups excluding carboxylic acids is 2. The minimum atomic E-state index is -0.661. The summed E-state index contributed by atoms with van der Waals surface area (Å²) < 4.78 is 24.0. The number of methoxy groups -OCH3 is 2. The van der Waals surface area contributed by atoms with E-state index in [1.165, 1.54) is 37.7 Å². The Kier molecular flexibility index (Phi) is 6.14. The molecule has 1 N–H and O–H groups in total. The average molecular weight is 455 g/mol. The Labute approximate surface area is 189 Å². The van der Waals surface area contributed by atoms with Crippen LogP contribution in [0.4, 0.5) is 4.39 Å². The highest BCUT2D eigenvalue weighted by Gasteiger charge is 2.44. The molecular formula is C24H23FN2O4S. The van der Waals surface area contributed by atoms with Crippen molar-refractivity contribution in [2.24, 2.45) is 0 Å². The third-order valence-electron chi connectivity index (χ3n) is 5.67. The van der Waals surface area contributed by atoms with Crippen LogP contribution in [0.5, 0.6) is 11.5 Å². The summed E-state index contributed by atoms with van der Waals surface area (Å²) in [5.41, 5.74) is 1.76. The number of amides is 2. The zero-order chi connectivity index (χ0) is 22.8. The molecule has 1 aromatic heterocycles. The second-order valence-corrected chi connectivity index (χ2v) is 8.47. The molecule has 0 saturated carbocycles. The minimum Gasteiger partial charge on any atom is -0.493 e. The number of halogens is 1. The molecule has 0 fully saturated rings. The molecule has 0 radical (unpaired) electrons. The maximum Gasteiger partial charge on any atom is 0.254 e. The highest BCUT2D eigenvalue weighted by atomic mass is 32.1. The smallest absolute Gasteiger partial charge is 0.254 e. The van der Waals surface area contributed by atoms with E-state index in [2.05, 4.69) is 5.32 Å². The molecule has 32 heavy (non-hydrogen) atoms. The molecule has 0 saturated heterocycles. The summed E-state index contributed by atoms with van der Waals surface area (Å²) in [6, 6.07) is 12.7. The summed E-state index contributed by atoms with van der Waals surface area (Å²) in [6.45, 7) is 0.243. The van der Waals surface area contributed by atoms with Gasteiger partial charge in [0.15, 0.2) is 11.5 Å². The standard InChI is InChI=1S/C24H23FN2O4S/c1-27-22(20-5-4-10-32-20)21(23(28)26-13-14-6-8-15(25)9-7-14)16-11-18(30-2)19(31-3)12-17(16)24(27)29/h4-12,21-22H,13H2,1-3H3,(H,26,28)/t21-,22+/m0/s1. The van der Waals surface area contributed by atoms with Crippen LogP contribution in [-0.2, 0) is 11.3 Å². The number of benzene rings is 2. The van der Waals surface area contributed by atoms with Gasteiger partial charge in [0.2, 0.25) is 5.91 Å². The topological polar surface area (TPSA) is 67.9 Å². The van der Waals surface area contributed by atoms with Gasteiger partial charge in [-0.1, -0.05) is 18.2 Å². The van der Waals surface area contributed by atoms with Gasteiger partial charge >= 0.3 is 0 Å². The quantitative estimate of drug-likeness (QED) is 0.608. The number of carbonyl (C=O) groups is 2. The summed E-state index contributed by atoms with van der Waals surface area (Å²) in [7, 11) is 4.72. The Morgan fingerprint density at radius 3 is 2.44 bits per heavy atom. The maximum atomic E-state index is 13.5. The van der Waals surface area contributed by atoms with Crippen molar-refractivity contribution in [3.05, 3.63) is 81.3 Å². The fourth-order valence-corrected chi connectivity index (χ4v) is 4.95. The van der Waals surface area contributed by atoms with Crippen LogP contribution in [0.15, 0.2) is 53.9 Å². The van der Waals surface area contributed by atoms with Crippen molar-refractivity contribution >= 4 is 23.2 Å². The summed E-state index contributed by atoms with van der Waals surface area (Å²) in [5, 5.41) is 4.88. The van der Waals surface area contributed by atoms with E-state index in [1.807, 2.05) is 17.5 Å². The molecule has 1 aliphatic heterocycles. The fraction of sp³-hybridized carbons (Fsp3) is 0.250. The van der Waals surface area contributed by atoms with E-state index in [0.29, 0.717) is 22.6 Å². The van der Waals surface area contributed by atoms with Crippen molar-refractivity contribution in [2.75, 3.05) is 21.3 Å². The number of hydrogen-bond acceptors (Lipinski definition) is 5. The predicted octanol–water partition coefficient (Wildman–Crippen LogP) is 4.13. The second-order valence-electron chi connectivity index (χ2n) is 7.49. The van der Waals surface area contributed by atoms with Crippen molar-refractivity contribution in [1.29, 1.82) is 0 Å². The number of thiophene rings is 1. The van der Waals surface area contributed by atoms with Gasteiger partial charge in [-0.05, 0) is 46.8 Å². The summed E-state index contributed by atoms with van der Waals surface area (Å²) in [6.07, 6.45) is 0. The first-order valence-electron chi connectivity index (χ1n) is 10.0. The van der Waals surface area contributed by atoms with Crippen LogP contribution in [0.3, 0.4) is 0 Å². The molecule has 2 amide bonds. The van der Waals surface area contributed by atoms with E-state index in [4.69, 9.17) is 9.47 Å². The van der Waals surface area contributed by atoms with Gasteiger partial charge in [0.25, 0.3) is 5.91 Å². The van der Waals surface area contributed by atoms with Gasteiger partial charge in [0, 0.05) is 24.0 Å². The molecular weight excluding hydrogens is 431 g/mol.